The van der Waals surface area contributed by atoms with Crippen molar-refractivity contribution in [3.8, 4) is 0 Å². The van der Waals surface area contributed by atoms with E-state index in [1.165, 1.54) is 12.8 Å². The average molecular weight is 526 g/mol. The van der Waals surface area contributed by atoms with Crippen molar-refractivity contribution in [1.82, 2.24) is 25.1 Å². The number of aromatic nitrogens is 4. The largest absolute Gasteiger partial charge is 0.324 e. The van der Waals surface area contributed by atoms with Gasteiger partial charge >= 0.3 is 0 Å². The molecule has 1 aliphatic rings. The van der Waals surface area contributed by atoms with E-state index in [2.05, 4.69) is 65.5 Å². The Balaban J connectivity index is 1.35. The minimum atomic E-state index is 0.160. The van der Waals surface area contributed by atoms with Crippen LogP contribution in [-0.4, -0.2) is 50.5 Å². The number of benzene rings is 1. The molecule has 0 spiro atoms. The predicted octanol–water partition coefficient (Wildman–Crippen LogP) is 6.02. The maximum atomic E-state index is 12.7. The number of anilines is 4. The van der Waals surface area contributed by atoms with Crippen molar-refractivity contribution < 1.29 is 4.79 Å². The third kappa shape index (κ3) is 6.64. The molecular formula is C25H32BrN7O. The summed E-state index contributed by atoms with van der Waals surface area (Å²) in [5.74, 6) is 2.54. The van der Waals surface area contributed by atoms with Crippen molar-refractivity contribution in [3.05, 3.63) is 52.3 Å². The highest BCUT2D eigenvalue weighted by Gasteiger charge is 2.25. The fraction of sp³-hybridized carbons (Fsp3) is 0.440. The lowest BCUT2D eigenvalue weighted by molar-refractivity contribution is 0.0978. The molecule has 8 nitrogen and oxygen atoms in total. The lowest BCUT2D eigenvalue weighted by Gasteiger charge is -2.17. The summed E-state index contributed by atoms with van der Waals surface area (Å²) in [4.78, 5) is 24.0. The Kier molecular flexibility index (Phi) is 8.29. The van der Waals surface area contributed by atoms with E-state index in [1.807, 2.05) is 30.3 Å². The molecule has 0 amide bonds. The zero-order chi connectivity index (χ0) is 23.9. The van der Waals surface area contributed by atoms with E-state index in [-0.39, 0.29) is 5.78 Å². The number of carbonyl (C=O) groups is 1. The first-order chi connectivity index (χ1) is 16.6. The molecule has 3 aromatic rings. The second-order valence-corrected chi connectivity index (χ2v) is 9.47. The van der Waals surface area contributed by atoms with Gasteiger partial charge in [-0.05, 0) is 73.4 Å². The maximum Gasteiger partial charge on any atom is 0.229 e. The van der Waals surface area contributed by atoms with Crippen molar-refractivity contribution in [2.75, 3.05) is 30.3 Å². The zero-order valence-corrected chi connectivity index (χ0v) is 21.4. The van der Waals surface area contributed by atoms with Crippen LogP contribution in [0.5, 0.6) is 0 Å². The molecule has 9 heteroatoms. The zero-order valence-electron chi connectivity index (χ0n) is 19.8. The Bertz CT molecular complexity index is 1110. The summed E-state index contributed by atoms with van der Waals surface area (Å²) < 4.78 is 0.739. The van der Waals surface area contributed by atoms with Gasteiger partial charge in [-0.1, -0.05) is 26.0 Å². The molecular weight excluding hydrogens is 494 g/mol. The Hall–Kier alpha value is -2.78. The molecule has 4 rings (SSSR count). The van der Waals surface area contributed by atoms with Gasteiger partial charge in [0.1, 0.15) is 0 Å². The van der Waals surface area contributed by atoms with E-state index in [1.54, 1.807) is 6.20 Å². The van der Waals surface area contributed by atoms with E-state index in [0.717, 1.165) is 54.1 Å². The van der Waals surface area contributed by atoms with Crippen LogP contribution >= 0.6 is 15.9 Å². The number of nitrogens with one attached hydrogen (secondary N) is 3. The van der Waals surface area contributed by atoms with Crippen LogP contribution in [-0.2, 0) is 0 Å². The third-order valence-electron chi connectivity index (χ3n) is 6.07. The third-order valence-corrected chi connectivity index (χ3v) is 6.65. The minimum Gasteiger partial charge on any atom is -0.324 e. The number of nitrogens with zero attached hydrogens (tertiary/aromatic N) is 4. The van der Waals surface area contributed by atoms with Crippen molar-refractivity contribution in [2.24, 2.45) is 0 Å². The van der Waals surface area contributed by atoms with Gasteiger partial charge in [-0.2, -0.15) is 10.1 Å². The Morgan fingerprint density at radius 1 is 1.18 bits per heavy atom. The van der Waals surface area contributed by atoms with Crippen LogP contribution in [0.1, 0.15) is 67.9 Å². The molecule has 180 valence electrons. The first-order valence-electron chi connectivity index (χ1n) is 12.0. The minimum absolute atomic E-state index is 0.160. The van der Waals surface area contributed by atoms with E-state index in [4.69, 9.17) is 0 Å². The van der Waals surface area contributed by atoms with Gasteiger partial charge in [0, 0.05) is 41.5 Å². The number of halogens is 1. The van der Waals surface area contributed by atoms with Crippen LogP contribution in [0.25, 0.3) is 0 Å². The topological polar surface area (TPSA) is 98.8 Å². The van der Waals surface area contributed by atoms with Crippen LogP contribution in [0.3, 0.4) is 0 Å². The highest BCUT2D eigenvalue weighted by Crippen LogP contribution is 2.39. The molecule has 0 bridgehead atoms. The molecule has 1 aromatic carbocycles. The van der Waals surface area contributed by atoms with Crippen molar-refractivity contribution in [1.29, 1.82) is 0 Å². The molecule has 34 heavy (non-hydrogen) atoms. The van der Waals surface area contributed by atoms with Gasteiger partial charge in [-0.25, -0.2) is 4.98 Å². The second kappa shape index (κ2) is 11.6. The lowest BCUT2D eigenvalue weighted by Crippen LogP contribution is -2.24. The predicted molar refractivity (Wildman–Crippen MR) is 139 cm³/mol. The molecule has 2 heterocycles. The Morgan fingerprint density at radius 3 is 2.76 bits per heavy atom. The number of H-pyrrole nitrogens is 1. The number of unbranched alkanes of at least 4 members (excludes halogenated alkanes) is 1. The van der Waals surface area contributed by atoms with Gasteiger partial charge in [0.25, 0.3) is 0 Å². The molecule has 1 aliphatic carbocycles. The Morgan fingerprint density at radius 2 is 2.00 bits per heavy atom. The number of rotatable bonds is 13. The van der Waals surface area contributed by atoms with Crippen molar-refractivity contribution in [3.63, 3.8) is 0 Å². The lowest BCUT2D eigenvalue weighted by atomic mass is 10.0. The first kappa shape index (κ1) is 24.3. The standard InChI is InChI=1S/C25H32BrN7O/c1-3-33(4-2)13-6-5-10-22(34)18-8-7-9-19(14-18)28-25-27-16-20(26)24(30-25)29-23-15-21(31-32-23)17-11-12-17/h7-9,14-17H,3-6,10-13H2,1-2H3,(H3,27,28,29,30,31,32). The van der Waals surface area contributed by atoms with Crippen LogP contribution in [0.4, 0.5) is 23.3 Å². The molecule has 0 atom stereocenters. The van der Waals surface area contributed by atoms with E-state index >= 15 is 0 Å². The normalized spacial score (nSPS) is 13.3. The number of hydrogen-bond acceptors (Lipinski definition) is 7. The molecule has 2 aromatic heterocycles. The van der Waals surface area contributed by atoms with Crippen LogP contribution in [0.2, 0.25) is 0 Å². The highest BCUT2D eigenvalue weighted by molar-refractivity contribution is 9.10. The summed E-state index contributed by atoms with van der Waals surface area (Å²) in [7, 11) is 0. The van der Waals surface area contributed by atoms with E-state index in [9.17, 15) is 4.79 Å². The maximum absolute atomic E-state index is 12.7. The van der Waals surface area contributed by atoms with Gasteiger partial charge in [0.05, 0.1) is 4.47 Å². The Labute approximate surface area is 209 Å². The number of hydrogen-bond donors (Lipinski definition) is 3. The second-order valence-electron chi connectivity index (χ2n) is 8.61. The molecule has 1 fully saturated rings. The van der Waals surface area contributed by atoms with Crippen LogP contribution < -0.4 is 10.6 Å². The molecule has 3 N–H and O–H groups in total. The average Bonchev–Trinajstić information content (AvgIpc) is 3.60. The summed E-state index contributed by atoms with van der Waals surface area (Å²) in [5.41, 5.74) is 2.63. The first-order valence-corrected chi connectivity index (χ1v) is 12.8. The van der Waals surface area contributed by atoms with Gasteiger partial charge < -0.3 is 15.5 Å². The number of carbonyl (C=O) groups excluding carboxylic acids is 1. The fourth-order valence-electron chi connectivity index (χ4n) is 3.85. The summed E-state index contributed by atoms with van der Waals surface area (Å²) >= 11 is 3.50. The summed E-state index contributed by atoms with van der Waals surface area (Å²) in [6.07, 6.45) is 6.60. The monoisotopic (exact) mass is 525 g/mol. The molecule has 0 aliphatic heterocycles. The quantitative estimate of drug-likeness (QED) is 0.185. The summed E-state index contributed by atoms with van der Waals surface area (Å²) in [6, 6.07) is 9.54. The summed E-state index contributed by atoms with van der Waals surface area (Å²) in [6.45, 7) is 7.49. The smallest absolute Gasteiger partial charge is 0.229 e. The van der Waals surface area contributed by atoms with E-state index < -0.39 is 0 Å². The molecule has 0 saturated heterocycles. The van der Waals surface area contributed by atoms with Crippen molar-refractivity contribution >= 4 is 45.0 Å². The van der Waals surface area contributed by atoms with Gasteiger partial charge in [0.2, 0.25) is 5.95 Å². The summed E-state index contributed by atoms with van der Waals surface area (Å²) in [5, 5.41) is 13.9. The van der Waals surface area contributed by atoms with Crippen molar-refractivity contribution in [2.45, 2.75) is 51.9 Å². The highest BCUT2D eigenvalue weighted by atomic mass is 79.9. The van der Waals surface area contributed by atoms with Gasteiger partial charge in [-0.3, -0.25) is 9.89 Å². The SMILES string of the molecule is CCN(CC)CCCCC(=O)c1cccc(Nc2ncc(Br)c(Nc3cc(C4CC4)[nH]n3)n2)c1. The number of ketones is 1. The van der Waals surface area contributed by atoms with E-state index in [0.29, 0.717) is 29.7 Å². The molecule has 0 radical (unpaired) electrons. The number of aromatic amines is 1. The fourth-order valence-corrected chi connectivity index (χ4v) is 4.14. The molecule has 0 unspecified atom stereocenters. The van der Waals surface area contributed by atoms with Crippen LogP contribution in [0.15, 0.2) is 41.0 Å². The van der Waals surface area contributed by atoms with Crippen LogP contribution in [0, 0.1) is 0 Å². The van der Waals surface area contributed by atoms with Gasteiger partial charge in [-0.15, -0.1) is 0 Å². The van der Waals surface area contributed by atoms with Gasteiger partial charge in [0.15, 0.2) is 17.4 Å². The number of Topliss-reactive ketones (excluding diaryl/α,β-unsaturated/α-hetero) is 1. The molecule has 1 saturated carbocycles.